The second kappa shape index (κ2) is 8.32. The molecule has 1 aromatic rings. The highest BCUT2D eigenvalue weighted by Crippen LogP contribution is 2.30. The van der Waals surface area contributed by atoms with E-state index >= 15 is 0 Å². The van der Waals surface area contributed by atoms with Gasteiger partial charge in [-0.1, -0.05) is 44.2 Å². The molecule has 1 aromatic carbocycles. The highest BCUT2D eigenvalue weighted by Gasteiger charge is 2.38. The summed E-state index contributed by atoms with van der Waals surface area (Å²) in [5, 5.41) is 6.69. The standard InChI is InChI=1S/C19H29N3O.ClH/c1-19(2)10-6-11-20-17(19)18(23)21-16-9-12-22(14-16)13-15-7-4-3-5-8-15;/h3-5,7-8,16-17,20H,6,9-14H2,1-2H3,(H,21,23);1H. The number of rotatable bonds is 4. The Kier molecular flexibility index (Phi) is 6.67. The molecule has 2 aliphatic rings. The van der Waals surface area contributed by atoms with Crippen LogP contribution < -0.4 is 10.6 Å². The van der Waals surface area contributed by atoms with Crippen LogP contribution in [0.25, 0.3) is 0 Å². The van der Waals surface area contributed by atoms with E-state index in [9.17, 15) is 4.79 Å². The SMILES string of the molecule is CC1(C)CCCNC1C(=O)NC1CCN(Cc2ccccc2)C1.Cl. The third kappa shape index (κ3) is 4.71. The number of nitrogens with one attached hydrogen (secondary N) is 2. The Bertz CT molecular complexity index is 535. The second-order valence-corrected chi connectivity index (χ2v) is 7.69. The summed E-state index contributed by atoms with van der Waals surface area (Å²) in [6.07, 6.45) is 3.32. The first kappa shape index (κ1) is 19.2. The lowest BCUT2D eigenvalue weighted by molar-refractivity contribution is -0.127. The van der Waals surface area contributed by atoms with Crippen LogP contribution in [0.5, 0.6) is 0 Å². The monoisotopic (exact) mass is 351 g/mol. The Morgan fingerprint density at radius 1 is 1.33 bits per heavy atom. The lowest BCUT2D eigenvalue weighted by Crippen LogP contribution is -2.57. The molecule has 0 saturated carbocycles. The summed E-state index contributed by atoms with van der Waals surface area (Å²) in [7, 11) is 0. The molecule has 2 aliphatic heterocycles. The van der Waals surface area contributed by atoms with Gasteiger partial charge in [-0.25, -0.2) is 0 Å². The average Bonchev–Trinajstić information content (AvgIpc) is 2.94. The van der Waals surface area contributed by atoms with Crippen molar-refractivity contribution < 1.29 is 4.79 Å². The van der Waals surface area contributed by atoms with E-state index in [1.165, 1.54) is 5.56 Å². The van der Waals surface area contributed by atoms with E-state index in [1.807, 2.05) is 0 Å². The van der Waals surface area contributed by atoms with Crippen LogP contribution in [0.1, 0.15) is 38.7 Å². The lowest BCUT2D eigenvalue weighted by Gasteiger charge is -2.38. The van der Waals surface area contributed by atoms with E-state index in [-0.39, 0.29) is 35.8 Å². The van der Waals surface area contributed by atoms with E-state index in [0.29, 0.717) is 0 Å². The van der Waals surface area contributed by atoms with Gasteiger partial charge in [-0.3, -0.25) is 9.69 Å². The maximum absolute atomic E-state index is 12.6. The van der Waals surface area contributed by atoms with Crippen LogP contribution in [0.3, 0.4) is 0 Å². The molecular formula is C19H30ClN3O. The molecule has 0 spiro atoms. The maximum atomic E-state index is 12.6. The number of nitrogens with zero attached hydrogens (tertiary/aromatic N) is 1. The van der Waals surface area contributed by atoms with Crippen LogP contribution in [-0.2, 0) is 11.3 Å². The van der Waals surface area contributed by atoms with Crippen LogP contribution in [0.2, 0.25) is 0 Å². The lowest BCUT2D eigenvalue weighted by atomic mass is 9.77. The fraction of sp³-hybridized carbons (Fsp3) is 0.632. The first-order valence-corrected chi connectivity index (χ1v) is 8.85. The van der Waals surface area contributed by atoms with E-state index < -0.39 is 0 Å². The van der Waals surface area contributed by atoms with Gasteiger partial charge in [0.05, 0.1) is 6.04 Å². The van der Waals surface area contributed by atoms with E-state index in [0.717, 1.165) is 45.4 Å². The minimum Gasteiger partial charge on any atom is -0.351 e. The largest absolute Gasteiger partial charge is 0.351 e. The number of amides is 1. The van der Waals surface area contributed by atoms with Crippen molar-refractivity contribution in [2.24, 2.45) is 5.41 Å². The highest BCUT2D eigenvalue weighted by molar-refractivity contribution is 5.85. The van der Waals surface area contributed by atoms with Gasteiger partial charge in [-0.05, 0) is 36.8 Å². The second-order valence-electron chi connectivity index (χ2n) is 7.69. The van der Waals surface area contributed by atoms with Crippen LogP contribution in [0.4, 0.5) is 0 Å². The smallest absolute Gasteiger partial charge is 0.237 e. The molecule has 0 bridgehead atoms. The van der Waals surface area contributed by atoms with Crippen LogP contribution in [-0.4, -0.2) is 42.5 Å². The molecule has 4 nitrogen and oxygen atoms in total. The summed E-state index contributed by atoms with van der Waals surface area (Å²) in [6, 6.07) is 10.8. The first-order chi connectivity index (χ1) is 11.0. The Morgan fingerprint density at radius 2 is 2.08 bits per heavy atom. The minimum atomic E-state index is -0.0561. The first-order valence-electron chi connectivity index (χ1n) is 8.85. The summed E-state index contributed by atoms with van der Waals surface area (Å²) in [5.41, 5.74) is 1.39. The molecule has 2 N–H and O–H groups in total. The van der Waals surface area contributed by atoms with Gasteiger partial charge in [0.2, 0.25) is 5.91 Å². The summed E-state index contributed by atoms with van der Waals surface area (Å²) < 4.78 is 0. The number of halogens is 1. The zero-order valence-electron chi connectivity index (χ0n) is 14.8. The van der Waals surface area contributed by atoms with E-state index in [4.69, 9.17) is 0 Å². The van der Waals surface area contributed by atoms with Crippen LogP contribution in [0.15, 0.2) is 30.3 Å². The molecule has 2 fully saturated rings. The average molecular weight is 352 g/mol. The zero-order valence-corrected chi connectivity index (χ0v) is 15.6. The van der Waals surface area contributed by atoms with Crippen molar-refractivity contribution in [3.8, 4) is 0 Å². The Labute approximate surface area is 151 Å². The van der Waals surface area contributed by atoms with Gasteiger partial charge in [0.1, 0.15) is 0 Å². The zero-order chi connectivity index (χ0) is 16.3. The molecule has 2 atom stereocenters. The Hall–Kier alpha value is -1.10. The van der Waals surface area contributed by atoms with Gasteiger partial charge in [-0.2, -0.15) is 0 Å². The molecular weight excluding hydrogens is 322 g/mol. The summed E-state index contributed by atoms with van der Waals surface area (Å²) >= 11 is 0. The number of carbonyl (C=O) groups is 1. The van der Waals surface area contributed by atoms with Crippen LogP contribution in [0, 0.1) is 5.41 Å². The topological polar surface area (TPSA) is 44.4 Å². The molecule has 0 aromatic heterocycles. The number of piperidine rings is 1. The predicted octanol–water partition coefficient (Wildman–Crippen LogP) is 2.58. The fourth-order valence-corrected chi connectivity index (χ4v) is 3.88. The summed E-state index contributed by atoms with van der Waals surface area (Å²) in [5.74, 6) is 0.182. The normalized spacial score (nSPS) is 26.6. The molecule has 0 aliphatic carbocycles. The maximum Gasteiger partial charge on any atom is 0.237 e. The van der Waals surface area contributed by atoms with E-state index in [1.54, 1.807) is 0 Å². The molecule has 2 heterocycles. The highest BCUT2D eigenvalue weighted by atomic mass is 35.5. The third-order valence-electron chi connectivity index (χ3n) is 5.26. The van der Waals surface area contributed by atoms with Crippen molar-refractivity contribution in [3.05, 3.63) is 35.9 Å². The van der Waals surface area contributed by atoms with Crippen molar-refractivity contribution in [1.29, 1.82) is 0 Å². The molecule has 1 amide bonds. The van der Waals surface area contributed by atoms with Gasteiger partial charge >= 0.3 is 0 Å². The van der Waals surface area contributed by atoms with Crippen molar-refractivity contribution in [1.82, 2.24) is 15.5 Å². The van der Waals surface area contributed by atoms with Crippen molar-refractivity contribution in [3.63, 3.8) is 0 Å². The Balaban J connectivity index is 0.00000208. The van der Waals surface area contributed by atoms with Gasteiger partial charge in [0.15, 0.2) is 0 Å². The van der Waals surface area contributed by atoms with Gasteiger partial charge < -0.3 is 10.6 Å². The van der Waals surface area contributed by atoms with Gasteiger partial charge in [-0.15, -0.1) is 12.4 Å². The fourth-order valence-electron chi connectivity index (χ4n) is 3.88. The Morgan fingerprint density at radius 3 is 2.79 bits per heavy atom. The molecule has 3 rings (SSSR count). The number of carbonyl (C=O) groups excluding carboxylic acids is 1. The quantitative estimate of drug-likeness (QED) is 0.876. The van der Waals surface area contributed by atoms with Gasteiger partial charge in [0, 0.05) is 25.7 Å². The minimum absolute atomic E-state index is 0. The number of likely N-dealkylation sites (tertiary alicyclic amines) is 1. The molecule has 2 unspecified atom stereocenters. The number of benzene rings is 1. The molecule has 5 heteroatoms. The van der Waals surface area contributed by atoms with Crippen molar-refractivity contribution >= 4 is 18.3 Å². The van der Waals surface area contributed by atoms with Crippen LogP contribution >= 0.6 is 12.4 Å². The molecule has 2 saturated heterocycles. The molecule has 24 heavy (non-hydrogen) atoms. The number of hydrogen-bond acceptors (Lipinski definition) is 3. The summed E-state index contributed by atoms with van der Waals surface area (Å²) in [4.78, 5) is 15.1. The van der Waals surface area contributed by atoms with Crippen molar-refractivity contribution in [2.75, 3.05) is 19.6 Å². The van der Waals surface area contributed by atoms with Crippen molar-refractivity contribution in [2.45, 2.75) is 51.7 Å². The van der Waals surface area contributed by atoms with E-state index in [2.05, 4.69) is 59.7 Å². The van der Waals surface area contributed by atoms with Gasteiger partial charge in [0.25, 0.3) is 0 Å². The molecule has 0 radical (unpaired) electrons. The molecule has 134 valence electrons. The predicted molar refractivity (Wildman–Crippen MR) is 100 cm³/mol. The number of hydrogen-bond donors (Lipinski definition) is 2. The third-order valence-corrected chi connectivity index (χ3v) is 5.26. The summed E-state index contributed by atoms with van der Waals surface area (Å²) in [6.45, 7) is 8.32.